The number of hydrogen-bond acceptors (Lipinski definition) is 4. The molecule has 2 aromatic rings. The molecule has 0 saturated carbocycles. The predicted octanol–water partition coefficient (Wildman–Crippen LogP) is 1.68. The minimum Gasteiger partial charge on any atom is -0.353 e. The number of carbonyl (C=O) groups is 1. The van der Waals surface area contributed by atoms with Crippen LogP contribution in [-0.2, 0) is 6.54 Å². The molecule has 3 rings (SSSR count). The average Bonchev–Trinajstić information content (AvgIpc) is 3.04. The van der Waals surface area contributed by atoms with Crippen LogP contribution in [-0.4, -0.2) is 59.4 Å². The van der Waals surface area contributed by atoms with Crippen LogP contribution in [0.5, 0.6) is 0 Å². The summed E-state index contributed by atoms with van der Waals surface area (Å²) in [4.78, 5) is 23.5. The van der Waals surface area contributed by atoms with E-state index in [2.05, 4.69) is 26.3 Å². The van der Waals surface area contributed by atoms with Gasteiger partial charge in [-0.15, -0.1) is 12.4 Å². The Morgan fingerprint density at radius 3 is 2.92 bits per heavy atom. The number of H-pyrrole nitrogens is 1. The Kier molecular flexibility index (Phi) is 6.36. The van der Waals surface area contributed by atoms with Gasteiger partial charge in [0.2, 0.25) is 0 Å². The summed E-state index contributed by atoms with van der Waals surface area (Å²) in [6, 6.07) is 8.25. The van der Waals surface area contributed by atoms with Crippen molar-refractivity contribution in [3.63, 3.8) is 0 Å². The Labute approximate surface area is 148 Å². The van der Waals surface area contributed by atoms with Crippen LogP contribution in [0.4, 0.5) is 0 Å². The molecule has 1 atom stereocenters. The van der Waals surface area contributed by atoms with E-state index in [1.54, 1.807) is 25.2 Å². The molecule has 0 aromatic carbocycles. The van der Waals surface area contributed by atoms with Crippen molar-refractivity contribution in [2.24, 2.45) is 0 Å². The Hall–Kier alpha value is -1.89. The molecule has 2 N–H and O–H groups in total. The van der Waals surface area contributed by atoms with E-state index < -0.39 is 0 Å². The molecule has 0 bridgehead atoms. The van der Waals surface area contributed by atoms with E-state index in [0.29, 0.717) is 11.7 Å². The largest absolute Gasteiger partial charge is 0.353 e. The summed E-state index contributed by atoms with van der Waals surface area (Å²) in [5.41, 5.74) is 2.92. The summed E-state index contributed by atoms with van der Waals surface area (Å²) in [6.07, 6.45) is 3.73. The highest BCUT2D eigenvalue weighted by molar-refractivity contribution is 5.92. The van der Waals surface area contributed by atoms with Gasteiger partial charge in [-0.25, -0.2) is 0 Å². The van der Waals surface area contributed by atoms with Gasteiger partial charge in [0.15, 0.2) is 0 Å². The van der Waals surface area contributed by atoms with Crippen LogP contribution in [0.3, 0.4) is 0 Å². The van der Waals surface area contributed by atoms with Gasteiger partial charge in [-0.2, -0.15) is 0 Å². The Balaban J connectivity index is 0.00000208. The van der Waals surface area contributed by atoms with E-state index in [1.807, 2.05) is 24.4 Å². The van der Waals surface area contributed by atoms with E-state index in [-0.39, 0.29) is 18.3 Å². The lowest BCUT2D eigenvalue weighted by atomic mass is 10.1. The van der Waals surface area contributed by atoms with Crippen LogP contribution < -0.4 is 5.32 Å². The first-order chi connectivity index (χ1) is 11.1. The Morgan fingerprint density at radius 2 is 2.21 bits per heavy atom. The molecule has 1 aliphatic heterocycles. The standard InChI is InChI=1S/C17H23N5O.ClH/c1-21(2)17(23)15-6-5-14(20-15)12-22-9-8-19-11-16(22)13-4-3-7-18-10-13;/h3-7,10,16,19-20H,8-9,11-12H2,1-2H3;1H. The molecule has 0 spiro atoms. The van der Waals surface area contributed by atoms with Crippen LogP contribution in [0.2, 0.25) is 0 Å². The van der Waals surface area contributed by atoms with Crippen molar-refractivity contribution in [2.75, 3.05) is 33.7 Å². The van der Waals surface area contributed by atoms with Gasteiger partial charge in [-0.3, -0.25) is 14.7 Å². The van der Waals surface area contributed by atoms with Crippen molar-refractivity contribution in [3.05, 3.63) is 53.6 Å². The van der Waals surface area contributed by atoms with E-state index in [0.717, 1.165) is 31.9 Å². The first kappa shape index (κ1) is 18.4. The molecule has 1 unspecified atom stereocenters. The van der Waals surface area contributed by atoms with E-state index in [1.165, 1.54) is 5.56 Å². The van der Waals surface area contributed by atoms with Gasteiger partial charge < -0.3 is 15.2 Å². The first-order valence-electron chi connectivity index (χ1n) is 7.89. The van der Waals surface area contributed by atoms with Crippen LogP contribution in [0, 0.1) is 0 Å². The van der Waals surface area contributed by atoms with Gasteiger partial charge in [0, 0.05) is 64.4 Å². The molecule has 0 aliphatic carbocycles. The predicted molar refractivity (Wildman–Crippen MR) is 96.3 cm³/mol. The zero-order valence-corrected chi connectivity index (χ0v) is 14.8. The smallest absolute Gasteiger partial charge is 0.269 e. The summed E-state index contributed by atoms with van der Waals surface area (Å²) in [6.45, 7) is 3.65. The molecule has 7 heteroatoms. The van der Waals surface area contributed by atoms with Gasteiger partial charge in [0.05, 0.1) is 0 Å². The molecule has 1 fully saturated rings. The third kappa shape index (κ3) is 4.14. The lowest BCUT2D eigenvalue weighted by Gasteiger charge is -2.36. The topological polar surface area (TPSA) is 64.3 Å². The zero-order chi connectivity index (χ0) is 16.2. The van der Waals surface area contributed by atoms with Crippen molar-refractivity contribution < 1.29 is 4.79 Å². The van der Waals surface area contributed by atoms with Crippen LogP contribution in [0.1, 0.15) is 27.8 Å². The molecule has 1 saturated heterocycles. The summed E-state index contributed by atoms with van der Waals surface area (Å²) >= 11 is 0. The summed E-state index contributed by atoms with van der Waals surface area (Å²) < 4.78 is 0. The van der Waals surface area contributed by atoms with Gasteiger partial charge in [-0.1, -0.05) is 6.07 Å². The lowest BCUT2D eigenvalue weighted by Crippen LogP contribution is -2.45. The highest BCUT2D eigenvalue weighted by Gasteiger charge is 2.24. The maximum absolute atomic E-state index is 12.0. The van der Waals surface area contributed by atoms with Gasteiger partial charge in [-0.05, 0) is 23.8 Å². The number of hydrogen-bond donors (Lipinski definition) is 2. The third-order valence-electron chi connectivity index (χ3n) is 4.18. The molecule has 2 aromatic heterocycles. The fourth-order valence-corrected chi connectivity index (χ4v) is 2.95. The number of piperazine rings is 1. The zero-order valence-electron chi connectivity index (χ0n) is 14.0. The summed E-state index contributed by atoms with van der Waals surface area (Å²) in [7, 11) is 3.52. The van der Waals surface area contributed by atoms with E-state index in [4.69, 9.17) is 0 Å². The molecule has 0 radical (unpaired) electrons. The van der Waals surface area contributed by atoms with Crippen LogP contribution >= 0.6 is 12.4 Å². The van der Waals surface area contributed by atoms with Crippen molar-refractivity contribution in [2.45, 2.75) is 12.6 Å². The fourth-order valence-electron chi connectivity index (χ4n) is 2.95. The minimum atomic E-state index is 0. The van der Waals surface area contributed by atoms with Crippen molar-refractivity contribution in [1.29, 1.82) is 0 Å². The Morgan fingerprint density at radius 1 is 1.38 bits per heavy atom. The average molecular weight is 350 g/mol. The monoisotopic (exact) mass is 349 g/mol. The normalized spacial score (nSPS) is 18.0. The second-order valence-electron chi connectivity index (χ2n) is 6.07. The number of amides is 1. The molecular formula is C17H24ClN5O. The molecule has 24 heavy (non-hydrogen) atoms. The maximum Gasteiger partial charge on any atom is 0.269 e. The number of carbonyl (C=O) groups excluding carboxylic acids is 1. The third-order valence-corrected chi connectivity index (χ3v) is 4.18. The maximum atomic E-state index is 12.0. The number of rotatable bonds is 4. The summed E-state index contributed by atoms with van der Waals surface area (Å²) in [5.74, 6) is 0.000343. The molecule has 1 aliphatic rings. The SMILES string of the molecule is CN(C)C(=O)c1ccc(CN2CCNCC2c2cccnc2)[nH]1.Cl. The Bertz CT molecular complexity index is 658. The number of pyridine rings is 1. The number of aromatic amines is 1. The highest BCUT2D eigenvalue weighted by atomic mass is 35.5. The number of aromatic nitrogens is 2. The van der Waals surface area contributed by atoms with Crippen LogP contribution in [0.15, 0.2) is 36.7 Å². The first-order valence-corrected chi connectivity index (χ1v) is 7.89. The second-order valence-corrected chi connectivity index (χ2v) is 6.07. The number of nitrogens with zero attached hydrogens (tertiary/aromatic N) is 3. The summed E-state index contributed by atoms with van der Waals surface area (Å²) in [5, 5.41) is 3.45. The second kappa shape index (κ2) is 8.28. The van der Waals surface area contributed by atoms with Crippen LogP contribution in [0.25, 0.3) is 0 Å². The quantitative estimate of drug-likeness (QED) is 0.881. The van der Waals surface area contributed by atoms with Crippen molar-refractivity contribution >= 4 is 18.3 Å². The van der Waals surface area contributed by atoms with Gasteiger partial charge >= 0.3 is 0 Å². The van der Waals surface area contributed by atoms with Gasteiger partial charge in [0.1, 0.15) is 5.69 Å². The lowest BCUT2D eigenvalue weighted by molar-refractivity contribution is 0.0822. The van der Waals surface area contributed by atoms with Crippen molar-refractivity contribution in [3.8, 4) is 0 Å². The minimum absolute atomic E-state index is 0. The molecule has 130 valence electrons. The number of nitrogens with one attached hydrogen (secondary N) is 2. The molecule has 3 heterocycles. The fraction of sp³-hybridized carbons (Fsp3) is 0.412. The van der Waals surface area contributed by atoms with E-state index >= 15 is 0 Å². The number of halogens is 1. The van der Waals surface area contributed by atoms with Gasteiger partial charge in [0.25, 0.3) is 5.91 Å². The molecule has 6 nitrogen and oxygen atoms in total. The van der Waals surface area contributed by atoms with E-state index in [9.17, 15) is 4.79 Å². The molecular weight excluding hydrogens is 326 g/mol. The molecule has 1 amide bonds. The highest BCUT2D eigenvalue weighted by Crippen LogP contribution is 2.23. The van der Waals surface area contributed by atoms with Crippen molar-refractivity contribution in [1.82, 2.24) is 25.1 Å².